The van der Waals surface area contributed by atoms with Crippen LogP contribution in [-0.2, 0) is 0 Å². The SMILES string of the molecule is CCOc1ccccc1Nc1nncc(NC2CCCCCC2)n1. The molecule has 0 saturated heterocycles. The lowest BCUT2D eigenvalue weighted by Crippen LogP contribution is -2.19. The van der Waals surface area contributed by atoms with Gasteiger partial charge in [0.25, 0.3) is 0 Å². The zero-order valence-corrected chi connectivity index (χ0v) is 14.2. The van der Waals surface area contributed by atoms with Gasteiger partial charge < -0.3 is 15.4 Å². The molecule has 0 atom stereocenters. The molecule has 24 heavy (non-hydrogen) atoms. The summed E-state index contributed by atoms with van der Waals surface area (Å²) < 4.78 is 5.62. The maximum atomic E-state index is 5.62. The molecule has 128 valence electrons. The van der Waals surface area contributed by atoms with Crippen molar-refractivity contribution in [2.75, 3.05) is 17.2 Å². The fourth-order valence-corrected chi connectivity index (χ4v) is 3.03. The summed E-state index contributed by atoms with van der Waals surface area (Å²) >= 11 is 0. The number of anilines is 3. The van der Waals surface area contributed by atoms with Crippen LogP contribution in [0.2, 0.25) is 0 Å². The van der Waals surface area contributed by atoms with Crippen molar-refractivity contribution in [3.05, 3.63) is 30.5 Å². The lowest BCUT2D eigenvalue weighted by Gasteiger charge is -2.17. The van der Waals surface area contributed by atoms with Gasteiger partial charge >= 0.3 is 0 Å². The monoisotopic (exact) mass is 327 g/mol. The van der Waals surface area contributed by atoms with E-state index in [4.69, 9.17) is 4.74 Å². The number of benzene rings is 1. The molecule has 6 nitrogen and oxygen atoms in total. The Balaban J connectivity index is 1.69. The maximum Gasteiger partial charge on any atom is 0.249 e. The summed E-state index contributed by atoms with van der Waals surface area (Å²) in [5.41, 5.74) is 0.841. The van der Waals surface area contributed by atoms with Gasteiger partial charge in [0, 0.05) is 6.04 Å². The van der Waals surface area contributed by atoms with Crippen LogP contribution in [0.1, 0.15) is 45.4 Å². The van der Waals surface area contributed by atoms with Gasteiger partial charge in [0.2, 0.25) is 5.95 Å². The first-order valence-corrected chi connectivity index (χ1v) is 8.80. The van der Waals surface area contributed by atoms with Crippen molar-refractivity contribution in [2.45, 2.75) is 51.5 Å². The molecule has 0 unspecified atom stereocenters. The second-order valence-corrected chi connectivity index (χ2v) is 6.05. The molecule has 2 aromatic rings. The summed E-state index contributed by atoms with van der Waals surface area (Å²) in [5, 5.41) is 14.8. The Hall–Kier alpha value is -2.37. The highest BCUT2D eigenvalue weighted by atomic mass is 16.5. The predicted molar refractivity (Wildman–Crippen MR) is 95.8 cm³/mol. The van der Waals surface area contributed by atoms with Crippen molar-refractivity contribution >= 4 is 17.5 Å². The van der Waals surface area contributed by atoms with Crippen LogP contribution in [0, 0.1) is 0 Å². The van der Waals surface area contributed by atoms with Crippen LogP contribution in [0.3, 0.4) is 0 Å². The number of ether oxygens (including phenoxy) is 1. The number of aromatic nitrogens is 3. The quantitative estimate of drug-likeness (QED) is 0.777. The first-order chi connectivity index (χ1) is 11.8. The molecule has 0 aliphatic heterocycles. The number of nitrogens with zero attached hydrogens (tertiary/aromatic N) is 3. The molecule has 1 heterocycles. The van der Waals surface area contributed by atoms with E-state index < -0.39 is 0 Å². The number of hydrogen-bond acceptors (Lipinski definition) is 6. The van der Waals surface area contributed by atoms with Crippen LogP contribution in [0.5, 0.6) is 5.75 Å². The van der Waals surface area contributed by atoms with E-state index in [2.05, 4.69) is 25.8 Å². The van der Waals surface area contributed by atoms with Crippen molar-refractivity contribution in [1.29, 1.82) is 0 Å². The third-order valence-electron chi connectivity index (χ3n) is 4.20. The average molecular weight is 327 g/mol. The molecule has 3 rings (SSSR count). The van der Waals surface area contributed by atoms with Crippen LogP contribution >= 0.6 is 0 Å². The minimum absolute atomic E-state index is 0.473. The molecule has 2 N–H and O–H groups in total. The molecule has 0 radical (unpaired) electrons. The van der Waals surface area contributed by atoms with E-state index in [1.165, 1.54) is 38.5 Å². The molecule has 6 heteroatoms. The normalized spacial score (nSPS) is 15.5. The smallest absolute Gasteiger partial charge is 0.249 e. The fraction of sp³-hybridized carbons (Fsp3) is 0.500. The van der Waals surface area contributed by atoms with Gasteiger partial charge in [0.15, 0.2) is 5.82 Å². The molecule has 1 fully saturated rings. The van der Waals surface area contributed by atoms with Crippen molar-refractivity contribution in [1.82, 2.24) is 15.2 Å². The Morgan fingerprint density at radius 3 is 2.71 bits per heavy atom. The molecule has 1 aromatic carbocycles. The summed E-state index contributed by atoms with van der Waals surface area (Å²) in [5.74, 6) is 2.03. The number of rotatable bonds is 6. The van der Waals surface area contributed by atoms with E-state index in [0.29, 0.717) is 18.6 Å². The zero-order valence-electron chi connectivity index (χ0n) is 14.2. The first-order valence-electron chi connectivity index (χ1n) is 8.80. The maximum absolute atomic E-state index is 5.62. The summed E-state index contributed by atoms with van der Waals surface area (Å²) in [6, 6.07) is 8.24. The Morgan fingerprint density at radius 2 is 1.92 bits per heavy atom. The topological polar surface area (TPSA) is 72.0 Å². The zero-order chi connectivity index (χ0) is 16.6. The molecule has 1 aliphatic rings. The van der Waals surface area contributed by atoms with Crippen LogP contribution in [0.4, 0.5) is 17.5 Å². The molecular formula is C18H25N5O. The Kier molecular flexibility index (Phi) is 5.82. The fourth-order valence-electron chi connectivity index (χ4n) is 3.03. The molecular weight excluding hydrogens is 302 g/mol. The van der Waals surface area contributed by atoms with Gasteiger partial charge in [-0.3, -0.25) is 0 Å². The molecule has 0 amide bonds. The molecule has 0 spiro atoms. The lowest BCUT2D eigenvalue weighted by atomic mass is 10.1. The molecule has 1 aliphatic carbocycles. The van der Waals surface area contributed by atoms with Crippen LogP contribution in [0.15, 0.2) is 30.5 Å². The third kappa shape index (κ3) is 4.57. The minimum atomic E-state index is 0.473. The van der Waals surface area contributed by atoms with Gasteiger partial charge in [-0.05, 0) is 31.9 Å². The number of hydrogen-bond donors (Lipinski definition) is 2. The van der Waals surface area contributed by atoms with E-state index in [-0.39, 0.29) is 0 Å². The lowest BCUT2D eigenvalue weighted by molar-refractivity contribution is 0.342. The number of para-hydroxylation sites is 2. The van der Waals surface area contributed by atoms with Crippen LogP contribution in [0.25, 0.3) is 0 Å². The standard InChI is InChI=1S/C18H25N5O/c1-2-24-16-12-8-7-11-15(16)21-18-22-17(13-19-23-18)20-14-9-5-3-4-6-10-14/h7-8,11-14H,2-6,9-10H2,1H3,(H2,20,21,22,23). The Morgan fingerprint density at radius 1 is 1.12 bits per heavy atom. The van der Waals surface area contributed by atoms with E-state index in [1.807, 2.05) is 31.2 Å². The van der Waals surface area contributed by atoms with Crippen molar-refractivity contribution in [2.24, 2.45) is 0 Å². The van der Waals surface area contributed by atoms with Gasteiger partial charge in [0.05, 0.1) is 18.5 Å². The predicted octanol–water partition coefficient (Wildman–Crippen LogP) is 4.15. The summed E-state index contributed by atoms with van der Waals surface area (Å²) in [7, 11) is 0. The summed E-state index contributed by atoms with van der Waals surface area (Å²) in [4.78, 5) is 4.54. The van der Waals surface area contributed by atoms with Gasteiger partial charge in [-0.1, -0.05) is 37.8 Å². The van der Waals surface area contributed by atoms with Crippen LogP contribution in [-0.4, -0.2) is 27.8 Å². The second kappa shape index (κ2) is 8.47. The third-order valence-corrected chi connectivity index (χ3v) is 4.20. The first kappa shape index (κ1) is 16.5. The largest absolute Gasteiger partial charge is 0.492 e. The van der Waals surface area contributed by atoms with E-state index in [9.17, 15) is 0 Å². The van der Waals surface area contributed by atoms with Gasteiger partial charge in [0.1, 0.15) is 5.75 Å². The van der Waals surface area contributed by atoms with E-state index >= 15 is 0 Å². The van der Waals surface area contributed by atoms with Gasteiger partial charge in [-0.25, -0.2) is 0 Å². The Labute approximate surface area is 143 Å². The molecule has 0 bridgehead atoms. The van der Waals surface area contributed by atoms with Crippen molar-refractivity contribution in [3.63, 3.8) is 0 Å². The average Bonchev–Trinajstić information content (AvgIpc) is 2.86. The van der Waals surface area contributed by atoms with Gasteiger partial charge in [-0.2, -0.15) is 10.1 Å². The van der Waals surface area contributed by atoms with E-state index in [0.717, 1.165) is 17.3 Å². The molecule has 1 saturated carbocycles. The van der Waals surface area contributed by atoms with Crippen LogP contribution < -0.4 is 15.4 Å². The highest BCUT2D eigenvalue weighted by Gasteiger charge is 2.13. The number of nitrogens with one attached hydrogen (secondary N) is 2. The van der Waals surface area contributed by atoms with Crippen molar-refractivity contribution < 1.29 is 4.74 Å². The highest BCUT2D eigenvalue weighted by Crippen LogP contribution is 2.26. The minimum Gasteiger partial charge on any atom is -0.492 e. The van der Waals surface area contributed by atoms with E-state index in [1.54, 1.807) is 6.20 Å². The Bertz CT molecular complexity index is 641. The second-order valence-electron chi connectivity index (χ2n) is 6.05. The van der Waals surface area contributed by atoms with Gasteiger partial charge in [-0.15, -0.1) is 5.10 Å². The summed E-state index contributed by atoms with van der Waals surface area (Å²) in [6.07, 6.45) is 9.30. The van der Waals surface area contributed by atoms with Crippen molar-refractivity contribution in [3.8, 4) is 5.75 Å². The summed E-state index contributed by atoms with van der Waals surface area (Å²) in [6.45, 7) is 2.58. The highest BCUT2D eigenvalue weighted by molar-refractivity contribution is 5.62. The molecule has 1 aromatic heterocycles.